The van der Waals surface area contributed by atoms with Gasteiger partial charge in [-0.2, -0.15) is 0 Å². The van der Waals surface area contributed by atoms with Crippen LogP contribution < -0.4 is 10.1 Å². The normalized spacial score (nSPS) is 15.4. The van der Waals surface area contributed by atoms with Crippen LogP contribution in [0.3, 0.4) is 0 Å². The largest absolute Gasteiger partial charge is 0.457 e. The number of anilines is 1. The number of rotatable bonds is 11. The molecule has 1 N–H and O–H groups in total. The lowest BCUT2D eigenvalue weighted by Gasteiger charge is -2.28. The van der Waals surface area contributed by atoms with Gasteiger partial charge in [0, 0.05) is 29.2 Å². The second kappa shape index (κ2) is 15.2. The number of carbonyl (C=O) groups is 1. The summed E-state index contributed by atoms with van der Waals surface area (Å²) in [5.74, 6) is 2.37. The Morgan fingerprint density at radius 3 is 2.19 bits per heavy atom. The lowest BCUT2D eigenvalue weighted by atomic mass is 9.83. The summed E-state index contributed by atoms with van der Waals surface area (Å²) in [5.41, 5.74) is 7.56. The Balaban J connectivity index is 1.23. The molecule has 2 aliphatic rings. The summed E-state index contributed by atoms with van der Waals surface area (Å²) in [5, 5.41) is 3.35. The van der Waals surface area contributed by atoms with Gasteiger partial charge in [-0.05, 0) is 64.6 Å². The van der Waals surface area contributed by atoms with E-state index in [9.17, 15) is 4.79 Å². The van der Waals surface area contributed by atoms with Crippen molar-refractivity contribution in [2.75, 3.05) is 11.9 Å². The molecule has 4 aromatic rings. The maximum Gasteiger partial charge on any atom is 0.225 e. The van der Waals surface area contributed by atoms with E-state index in [0.717, 1.165) is 51.8 Å². The van der Waals surface area contributed by atoms with Gasteiger partial charge in [-0.15, -0.1) is 0 Å². The van der Waals surface area contributed by atoms with Crippen LogP contribution in [0.1, 0.15) is 106 Å². The van der Waals surface area contributed by atoms with E-state index in [1.807, 2.05) is 42.5 Å². The lowest BCUT2D eigenvalue weighted by molar-refractivity contribution is -0.116. The average Bonchev–Trinajstić information content (AvgIpc) is 3.07. The van der Waals surface area contributed by atoms with Gasteiger partial charge in [0.15, 0.2) is 0 Å². The molecular formula is C43H49NO3. The highest BCUT2D eigenvalue weighted by Crippen LogP contribution is 2.45. The zero-order valence-electron chi connectivity index (χ0n) is 28.3. The van der Waals surface area contributed by atoms with Crippen LogP contribution >= 0.6 is 0 Å². The molecule has 0 atom stereocenters. The van der Waals surface area contributed by atoms with Crippen molar-refractivity contribution >= 4 is 17.7 Å². The Kier molecular flexibility index (Phi) is 10.6. The average molecular weight is 628 g/mol. The summed E-state index contributed by atoms with van der Waals surface area (Å²) in [6, 6.07) is 33.0. The third-order valence-electron chi connectivity index (χ3n) is 9.69. The number of fused-ring (bicyclic) bond motifs is 2. The monoisotopic (exact) mass is 627 g/mol. The number of ether oxygens (including phenoxy) is 2. The molecule has 0 bridgehead atoms. The first-order valence-electron chi connectivity index (χ1n) is 17.4. The fraction of sp³-hybridized carbons (Fsp3) is 0.372. The lowest BCUT2D eigenvalue weighted by Crippen LogP contribution is -2.22. The molecular weight excluding hydrogens is 578 g/mol. The van der Waals surface area contributed by atoms with E-state index in [1.165, 1.54) is 49.7 Å². The smallest absolute Gasteiger partial charge is 0.225 e. The van der Waals surface area contributed by atoms with Gasteiger partial charge < -0.3 is 14.8 Å². The van der Waals surface area contributed by atoms with Crippen molar-refractivity contribution in [3.8, 4) is 11.5 Å². The maximum atomic E-state index is 13.9. The molecule has 1 aliphatic carbocycles. The first kappa shape index (κ1) is 32.8. The molecule has 4 nitrogen and oxygen atoms in total. The van der Waals surface area contributed by atoms with E-state index in [2.05, 4.69) is 86.8 Å². The van der Waals surface area contributed by atoms with Crippen molar-refractivity contribution in [2.24, 2.45) is 5.92 Å². The number of amides is 1. The highest BCUT2D eigenvalue weighted by molar-refractivity contribution is 5.93. The molecule has 0 saturated heterocycles. The molecule has 1 saturated carbocycles. The quantitative estimate of drug-likeness (QED) is 0.180. The molecule has 47 heavy (non-hydrogen) atoms. The summed E-state index contributed by atoms with van der Waals surface area (Å²) in [6.45, 7) is 7.81. The minimum absolute atomic E-state index is 0.00291. The standard InChI is InChI=1S/C43H49NO3/c1-43(2,3)38-25-24-33(26-34(23-22-31-14-6-4-7-15-31)30-46-29-32-16-8-5-9-17-32)27-39(38)44-42(45)28-37-35-18-10-12-20-40(35)47-41-21-13-11-19-36(37)41/h5,8-13,16-21,24-27,31,37H,4,6-7,14-15,22-23,28-30H2,1-3H3,(H,44,45). The van der Waals surface area contributed by atoms with Gasteiger partial charge in [0.05, 0.1) is 13.2 Å². The maximum absolute atomic E-state index is 13.9. The minimum Gasteiger partial charge on any atom is -0.457 e. The van der Waals surface area contributed by atoms with E-state index in [4.69, 9.17) is 9.47 Å². The Hall–Kier alpha value is -4.15. The molecule has 4 heteroatoms. The van der Waals surface area contributed by atoms with Crippen molar-refractivity contribution in [2.45, 2.75) is 90.1 Å². The number of hydrogen-bond acceptors (Lipinski definition) is 3. The topological polar surface area (TPSA) is 47.6 Å². The van der Waals surface area contributed by atoms with Crippen LogP contribution in [-0.4, -0.2) is 12.5 Å². The van der Waals surface area contributed by atoms with Gasteiger partial charge in [-0.3, -0.25) is 4.79 Å². The second-order valence-electron chi connectivity index (χ2n) is 14.4. The van der Waals surface area contributed by atoms with Crippen LogP contribution in [0.4, 0.5) is 5.69 Å². The number of benzene rings is 4. The predicted molar refractivity (Wildman–Crippen MR) is 193 cm³/mol. The molecule has 0 aromatic heterocycles. The van der Waals surface area contributed by atoms with Gasteiger partial charge in [0.2, 0.25) is 5.91 Å². The van der Waals surface area contributed by atoms with Gasteiger partial charge >= 0.3 is 0 Å². The van der Waals surface area contributed by atoms with Crippen molar-refractivity contribution in [1.29, 1.82) is 0 Å². The molecule has 0 radical (unpaired) electrons. The van der Waals surface area contributed by atoms with Crippen molar-refractivity contribution < 1.29 is 14.3 Å². The van der Waals surface area contributed by atoms with Crippen molar-refractivity contribution in [1.82, 2.24) is 0 Å². The third kappa shape index (κ3) is 8.61. The Labute approximate surface area is 281 Å². The molecule has 1 fully saturated rings. The molecule has 1 amide bonds. The highest BCUT2D eigenvalue weighted by Gasteiger charge is 2.29. The fourth-order valence-corrected chi connectivity index (χ4v) is 7.19. The Morgan fingerprint density at radius 2 is 1.51 bits per heavy atom. The van der Waals surface area contributed by atoms with Crippen molar-refractivity contribution in [3.05, 3.63) is 130 Å². The Morgan fingerprint density at radius 1 is 0.851 bits per heavy atom. The first-order valence-corrected chi connectivity index (χ1v) is 17.4. The summed E-state index contributed by atoms with van der Waals surface area (Å²) < 4.78 is 12.4. The Bertz CT molecular complexity index is 1630. The van der Waals surface area contributed by atoms with Crippen LogP contribution in [0.5, 0.6) is 11.5 Å². The molecule has 1 heterocycles. The summed E-state index contributed by atoms with van der Waals surface area (Å²) in [6.07, 6.45) is 11.6. The van der Waals surface area contributed by atoms with Gasteiger partial charge in [0.25, 0.3) is 0 Å². The fourth-order valence-electron chi connectivity index (χ4n) is 7.19. The van der Waals surface area contributed by atoms with Crippen LogP contribution in [0.15, 0.2) is 103 Å². The van der Waals surface area contributed by atoms with E-state index in [-0.39, 0.29) is 17.2 Å². The summed E-state index contributed by atoms with van der Waals surface area (Å²) >= 11 is 0. The van der Waals surface area contributed by atoms with E-state index in [1.54, 1.807) is 0 Å². The molecule has 0 unspecified atom stereocenters. The summed E-state index contributed by atoms with van der Waals surface area (Å²) in [4.78, 5) is 13.9. The van der Waals surface area contributed by atoms with Crippen LogP contribution in [0.2, 0.25) is 0 Å². The van der Waals surface area contributed by atoms with E-state index < -0.39 is 0 Å². The SMILES string of the molecule is CC(C)(C)c1ccc(C=C(CCC2CCCCC2)COCc2ccccc2)cc1NC(=O)CC1c2ccccc2Oc2ccccc21. The van der Waals surface area contributed by atoms with E-state index in [0.29, 0.717) is 19.6 Å². The molecule has 244 valence electrons. The summed E-state index contributed by atoms with van der Waals surface area (Å²) in [7, 11) is 0. The van der Waals surface area contributed by atoms with Gasteiger partial charge in [-0.1, -0.05) is 138 Å². The number of nitrogens with one attached hydrogen (secondary N) is 1. The molecule has 0 spiro atoms. The third-order valence-corrected chi connectivity index (χ3v) is 9.69. The van der Waals surface area contributed by atoms with Crippen molar-refractivity contribution in [3.63, 3.8) is 0 Å². The first-order chi connectivity index (χ1) is 22.8. The predicted octanol–water partition coefficient (Wildman–Crippen LogP) is 11.2. The number of hydrogen-bond donors (Lipinski definition) is 1. The second-order valence-corrected chi connectivity index (χ2v) is 14.4. The molecule has 6 rings (SSSR count). The minimum atomic E-state index is -0.134. The van der Waals surface area contributed by atoms with E-state index >= 15 is 0 Å². The van der Waals surface area contributed by atoms with Crippen LogP contribution in [0, 0.1) is 5.92 Å². The molecule has 4 aromatic carbocycles. The number of carbonyl (C=O) groups excluding carboxylic acids is 1. The van der Waals surface area contributed by atoms with Crippen LogP contribution in [0.25, 0.3) is 6.08 Å². The highest BCUT2D eigenvalue weighted by atomic mass is 16.5. The van der Waals surface area contributed by atoms with Gasteiger partial charge in [-0.25, -0.2) is 0 Å². The zero-order valence-corrected chi connectivity index (χ0v) is 28.3. The zero-order chi connectivity index (χ0) is 32.6. The van der Waals surface area contributed by atoms with Gasteiger partial charge in [0.1, 0.15) is 11.5 Å². The van der Waals surface area contributed by atoms with Crippen LogP contribution in [-0.2, 0) is 21.6 Å². The number of para-hydroxylation sites is 2. The molecule has 1 aliphatic heterocycles.